The summed E-state index contributed by atoms with van der Waals surface area (Å²) < 4.78 is 13.5. The molecule has 3 nitrogen and oxygen atoms in total. The molecule has 0 aromatic heterocycles. The smallest absolute Gasteiger partial charge is 0.229 e. The second-order valence-corrected chi connectivity index (χ2v) is 7.28. The molecule has 0 aliphatic carbocycles. The number of nitrogens with two attached hydrogens (primary N) is 1. The molecule has 1 amide bonds. The van der Waals surface area contributed by atoms with Gasteiger partial charge in [-0.2, -0.15) is 0 Å². The van der Waals surface area contributed by atoms with Gasteiger partial charge in [0.05, 0.1) is 5.92 Å². The van der Waals surface area contributed by atoms with Crippen LogP contribution in [0.25, 0.3) is 11.1 Å². The van der Waals surface area contributed by atoms with Crippen LogP contribution in [0, 0.1) is 19.7 Å². The lowest BCUT2D eigenvalue weighted by Gasteiger charge is -2.27. The first-order chi connectivity index (χ1) is 13.3. The van der Waals surface area contributed by atoms with Crippen molar-refractivity contribution < 1.29 is 9.18 Å². The number of carbonyl (C=O) groups excluding carboxylic acids is 1. The van der Waals surface area contributed by atoms with Crippen LogP contribution in [-0.2, 0) is 4.79 Å². The van der Waals surface area contributed by atoms with E-state index in [1.165, 1.54) is 12.1 Å². The molecule has 3 rings (SSSR count). The zero-order valence-electron chi connectivity index (χ0n) is 16.7. The second kappa shape index (κ2) is 7.85. The molecule has 0 aliphatic heterocycles. The minimum absolute atomic E-state index is 0.343. The van der Waals surface area contributed by atoms with Crippen molar-refractivity contribution in [3.63, 3.8) is 0 Å². The van der Waals surface area contributed by atoms with Gasteiger partial charge >= 0.3 is 0 Å². The molecule has 4 heteroatoms. The van der Waals surface area contributed by atoms with Gasteiger partial charge < -0.3 is 10.6 Å². The fourth-order valence-corrected chi connectivity index (χ4v) is 4.03. The molecule has 2 N–H and O–H groups in total. The van der Waals surface area contributed by atoms with Crippen molar-refractivity contribution in [2.24, 2.45) is 5.73 Å². The van der Waals surface area contributed by atoms with Crippen molar-refractivity contribution in [3.8, 4) is 11.1 Å². The summed E-state index contributed by atoms with van der Waals surface area (Å²) in [6.07, 6.45) is 0. The van der Waals surface area contributed by atoms with E-state index in [4.69, 9.17) is 5.73 Å². The van der Waals surface area contributed by atoms with Crippen molar-refractivity contribution in [1.29, 1.82) is 0 Å². The van der Waals surface area contributed by atoms with Gasteiger partial charge in [0.2, 0.25) is 5.91 Å². The Balaban J connectivity index is 2.36. The number of hydrogen-bond acceptors (Lipinski definition) is 2. The number of carbonyl (C=O) groups is 1. The summed E-state index contributed by atoms with van der Waals surface area (Å²) >= 11 is 0. The molecule has 3 aromatic rings. The van der Waals surface area contributed by atoms with Crippen LogP contribution in [0.15, 0.2) is 60.7 Å². The lowest BCUT2D eigenvalue weighted by atomic mass is 9.81. The zero-order valence-corrected chi connectivity index (χ0v) is 16.7. The topological polar surface area (TPSA) is 46.3 Å². The molecule has 0 heterocycles. The SMILES string of the molecule is Cc1cc(-c2ccccc2)c(C(C(N)=O)c2ccc(F)cc2)c(C)c1N(C)C. The normalized spacial score (nSPS) is 11.9. The third kappa shape index (κ3) is 3.63. The third-order valence-electron chi connectivity index (χ3n) is 5.09. The first-order valence-electron chi connectivity index (χ1n) is 9.23. The molecule has 0 saturated carbocycles. The van der Waals surface area contributed by atoms with Crippen molar-refractivity contribution in [3.05, 3.63) is 88.7 Å². The van der Waals surface area contributed by atoms with Gasteiger partial charge in [-0.1, -0.05) is 42.5 Å². The van der Waals surface area contributed by atoms with E-state index in [2.05, 4.69) is 13.0 Å². The number of halogens is 1. The van der Waals surface area contributed by atoms with Gasteiger partial charge in [-0.25, -0.2) is 4.39 Å². The Bertz CT molecular complexity index is 995. The van der Waals surface area contributed by atoms with Gasteiger partial charge in [0, 0.05) is 19.8 Å². The molecule has 3 aromatic carbocycles. The number of aryl methyl sites for hydroxylation is 1. The molecule has 1 unspecified atom stereocenters. The Morgan fingerprint density at radius 3 is 2.14 bits per heavy atom. The van der Waals surface area contributed by atoms with E-state index in [1.54, 1.807) is 12.1 Å². The Morgan fingerprint density at radius 1 is 1.00 bits per heavy atom. The number of hydrogen-bond donors (Lipinski definition) is 1. The number of benzene rings is 3. The fraction of sp³-hybridized carbons (Fsp3) is 0.208. The maximum atomic E-state index is 13.5. The average Bonchev–Trinajstić information content (AvgIpc) is 2.65. The highest BCUT2D eigenvalue weighted by Crippen LogP contribution is 2.41. The Morgan fingerprint density at radius 2 is 1.61 bits per heavy atom. The van der Waals surface area contributed by atoms with Gasteiger partial charge in [-0.05, 0) is 65.4 Å². The molecule has 0 fully saturated rings. The van der Waals surface area contributed by atoms with E-state index < -0.39 is 11.8 Å². The average molecular weight is 376 g/mol. The van der Waals surface area contributed by atoms with Crippen LogP contribution in [0.4, 0.5) is 10.1 Å². The number of amides is 1. The predicted octanol–water partition coefficient (Wildman–Crippen LogP) is 4.79. The van der Waals surface area contributed by atoms with E-state index in [-0.39, 0.29) is 5.82 Å². The van der Waals surface area contributed by atoms with E-state index in [0.29, 0.717) is 5.56 Å². The molecule has 1 atom stereocenters. The fourth-order valence-electron chi connectivity index (χ4n) is 4.03. The summed E-state index contributed by atoms with van der Waals surface area (Å²) in [6, 6.07) is 18.1. The summed E-state index contributed by atoms with van der Waals surface area (Å²) in [5.41, 5.74) is 12.6. The van der Waals surface area contributed by atoms with Crippen LogP contribution in [0.5, 0.6) is 0 Å². The predicted molar refractivity (Wildman–Crippen MR) is 113 cm³/mol. The Labute approximate surface area is 165 Å². The van der Waals surface area contributed by atoms with E-state index >= 15 is 0 Å². The number of primary amides is 1. The molecule has 0 radical (unpaired) electrons. The summed E-state index contributed by atoms with van der Waals surface area (Å²) in [5.74, 6) is -1.47. The van der Waals surface area contributed by atoms with Gasteiger partial charge in [-0.3, -0.25) is 4.79 Å². The lowest BCUT2D eigenvalue weighted by Crippen LogP contribution is -2.25. The van der Waals surface area contributed by atoms with Gasteiger partial charge in [0.15, 0.2) is 0 Å². The quantitative estimate of drug-likeness (QED) is 0.696. The van der Waals surface area contributed by atoms with Gasteiger partial charge in [0.1, 0.15) is 5.82 Å². The third-order valence-corrected chi connectivity index (χ3v) is 5.09. The van der Waals surface area contributed by atoms with Crippen LogP contribution in [0.2, 0.25) is 0 Å². The molecule has 0 spiro atoms. The Kier molecular flexibility index (Phi) is 5.50. The summed E-state index contributed by atoms with van der Waals surface area (Å²) in [6.45, 7) is 4.08. The minimum Gasteiger partial charge on any atom is -0.377 e. The molecule has 28 heavy (non-hydrogen) atoms. The lowest BCUT2D eigenvalue weighted by molar-refractivity contribution is -0.118. The van der Waals surface area contributed by atoms with Crippen molar-refractivity contribution in [1.82, 2.24) is 0 Å². The van der Waals surface area contributed by atoms with Crippen molar-refractivity contribution >= 4 is 11.6 Å². The van der Waals surface area contributed by atoms with Crippen molar-refractivity contribution in [2.75, 3.05) is 19.0 Å². The number of anilines is 1. The highest BCUT2D eigenvalue weighted by Gasteiger charge is 2.28. The van der Waals surface area contributed by atoms with Crippen LogP contribution in [0.3, 0.4) is 0 Å². The first-order valence-corrected chi connectivity index (χ1v) is 9.23. The maximum Gasteiger partial charge on any atom is 0.229 e. The zero-order chi connectivity index (χ0) is 20.4. The molecule has 0 saturated heterocycles. The number of rotatable bonds is 5. The molecule has 0 bridgehead atoms. The van der Waals surface area contributed by atoms with E-state index in [0.717, 1.165) is 33.5 Å². The molecule has 0 aliphatic rings. The standard InChI is InChI=1S/C24H25FN2O/c1-15-14-20(17-8-6-5-7-9-17)21(16(2)23(15)27(3)4)22(24(26)28)18-10-12-19(25)13-11-18/h5-14,22H,1-4H3,(H2,26,28). The van der Waals surface area contributed by atoms with Crippen LogP contribution in [-0.4, -0.2) is 20.0 Å². The summed E-state index contributed by atoms with van der Waals surface area (Å²) in [4.78, 5) is 14.6. The monoisotopic (exact) mass is 376 g/mol. The highest BCUT2D eigenvalue weighted by molar-refractivity contribution is 5.91. The summed E-state index contributed by atoms with van der Waals surface area (Å²) in [5, 5.41) is 0. The molecular formula is C24H25FN2O. The van der Waals surface area contributed by atoms with Crippen LogP contribution >= 0.6 is 0 Å². The van der Waals surface area contributed by atoms with Crippen LogP contribution < -0.4 is 10.6 Å². The minimum atomic E-state index is -0.671. The summed E-state index contributed by atoms with van der Waals surface area (Å²) in [7, 11) is 3.97. The van der Waals surface area contributed by atoms with E-state index in [9.17, 15) is 9.18 Å². The van der Waals surface area contributed by atoms with Gasteiger partial charge in [0.25, 0.3) is 0 Å². The Hall–Kier alpha value is -3.14. The van der Waals surface area contributed by atoms with Gasteiger partial charge in [-0.15, -0.1) is 0 Å². The van der Waals surface area contributed by atoms with Crippen molar-refractivity contribution in [2.45, 2.75) is 19.8 Å². The molecule has 144 valence electrons. The second-order valence-electron chi connectivity index (χ2n) is 7.28. The van der Waals surface area contributed by atoms with Crippen LogP contribution in [0.1, 0.15) is 28.2 Å². The maximum absolute atomic E-state index is 13.5. The van der Waals surface area contributed by atoms with E-state index in [1.807, 2.05) is 56.3 Å². The highest BCUT2D eigenvalue weighted by atomic mass is 19.1. The first kappa shape index (κ1) is 19.6. The molecular weight excluding hydrogens is 351 g/mol. The number of nitrogens with zero attached hydrogens (tertiary/aromatic N) is 1. The largest absolute Gasteiger partial charge is 0.377 e.